The van der Waals surface area contributed by atoms with Gasteiger partial charge in [0.15, 0.2) is 11.4 Å². The summed E-state index contributed by atoms with van der Waals surface area (Å²) in [5.74, 6) is 1.04. The Morgan fingerprint density at radius 1 is 1.22 bits per heavy atom. The normalized spacial score (nSPS) is 11.4. The largest absolute Gasteiger partial charge is 0.455 e. The number of nitrogens with one attached hydrogen (secondary N) is 3. The average molecular weight is 334 g/mol. The molecule has 0 saturated heterocycles. The smallest absolute Gasteiger partial charge is 0.325 e. The van der Waals surface area contributed by atoms with Gasteiger partial charge in [0, 0.05) is 30.3 Å². The number of benzene rings is 1. The molecule has 1 unspecified atom stereocenters. The molecule has 0 aliphatic heterocycles. The van der Waals surface area contributed by atoms with E-state index in [2.05, 4.69) is 19.7 Å². The van der Waals surface area contributed by atoms with Gasteiger partial charge in [-0.05, 0) is 12.1 Å². The SMILES string of the molecule is CC.CS(=O)Nc1cccc(Oc2ccnc3[nH]c(=O)[nH]c23)c1. The molecule has 0 aliphatic rings. The van der Waals surface area contributed by atoms with Gasteiger partial charge >= 0.3 is 5.69 Å². The third kappa shape index (κ3) is 4.19. The van der Waals surface area contributed by atoms with E-state index in [1.807, 2.05) is 13.8 Å². The predicted molar refractivity (Wildman–Crippen MR) is 92.3 cm³/mol. The Balaban J connectivity index is 0.000000924. The van der Waals surface area contributed by atoms with E-state index in [-0.39, 0.29) is 5.69 Å². The first-order valence-electron chi connectivity index (χ1n) is 7.07. The van der Waals surface area contributed by atoms with Crippen molar-refractivity contribution in [2.75, 3.05) is 11.0 Å². The molecule has 1 atom stereocenters. The van der Waals surface area contributed by atoms with E-state index in [4.69, 9.17) is 4.74 Å². The molecule has 0 fully saturated rings. The third-order valence-corrected chi connectivity index (χ3v) is 3.23. The van der Waals surface area contributed by atoms with Gasteiger partial charge in [-0.15, -0.1) is 0 Å². The number of imidazole rings is 1. The second-order valence-corrected chi connectivity index (χ2v) is 5.41. The fourth-order valence-electron chi connectivity index (χ4n) is 1.91. The first-order valence-corrected chi connectivity index (χ1v) is 8.62. The summed E-state index contributed by atoms with van der Waals surface area (Å²) in [6.07, 6.45) is 3.09. The lowest BCUT2D eigenvalue weighted by Gasteiger charge is -2.08. The van der Waals surface area contributed by atoms with Crippen LogP contribution in [0, 0.1) is 0 Å². The molecule has 2 heterocycles. The van der Waals surface area contributed by atoms with Crippen molar-refractivity contribution < 1.29 is 8.95 Å². The van der Waals surface area contributed by atoms with Crippen molar-refractivity contribution in [3.05, 3.63) is 47.0 Å². The first-order chi connectivity index (χ1) is 11.1. The molecule has 0 radical (unpaired) electrons. The summed E-state index contributed by atoms with van der Waals surface area (Å²) in [6.45, 7) is 4.00. The van der Waals surface area contributed by atoms with E-state index < -0.39 is 11.0 Å². The fourth-order valence-corrected chi connectivity index (χ4v) is 2.37. The van der Waals surface area contributed by atoms with Crippen LogP contribution in [0.15, 0.2) is 41.3 Å². The van der Waals surface area contributed by atoms with Crippen molar-refractivity contribution in [2.24, 2.45) is 0 Å². The maximum absolute atomic E-state index is 11.3. The summed E-state index contributed by atoms with van der Waals surface area (Å²) >= 11 is 0. The van der Waals surface area contributed by atoms with E-state index in [1.54, 1.807) is 42.8 Å². The fraction of sp³-hybridized carbons (Fsp3) is 0.200. The number of aromatic nitrogens is 3. The Kier molecular flexibility index (Phi) is 5.53. The van der Waals surface area contributed by atoms with Gasteiger partial charge in [0.2, 0.25) is 0 Å². The van der Waals surface area contributed by atoms with Crippen LogP contribution in [0.25, 0.3) is 11.2 Å². The maximum atomic E-state index is 11.3. The van der Waals surface area contributed by atoms with Gasteiger partial charge in [-0.3, -0.25) is 4.98 Å². The number of fused-ring (bicyclic) bond motifs is 1. The summed E-state index contributed by atoms with van der Waals surface area (Å²) in [6, 6.07) is 8.71. The zero-order chi connectivity index (χ0) is 16.8. The van der Waals surface area contributed by atoms with Gasteiger partial charge in [0.05, 0.1) is 0 Å². The van der Waals surface area contributed by atoms with Gasteiger partial charge in [-0.2, -0.15) is 0 Å². The van der Waals surface area contributed by atoms with Crippen LogP contribution in [0.3, 0.4) is 0 Å². The lowest BCUT2D eigenvalue weighted by Crippen LogP contribution is -2.01. The summed E-state index contributed by atoms with van der Waals surface area (Å²) in [4.78, 5) is 20.6. The number of pyridine rings is 1. The van der Waals surface area contributed by atoms with E-state index in [1.165, 1.54) is 0 Å². The Bertz CT molecular complexity index is 872. The highest BCUT2D eigenvalue weighted by molar-refractivity contribution is 7.85. The number of rotatable bonds is 4. The average Bonchev–Trinajstić information content (AvgIpc) is 2.90. The molecule has 0 saturated carbocycles. The molecule has 8 heteroatoms. The molecule has 1 aromatic carbocycles. The van der Waals surface area contributed by atoms with Gasteiger partial charge < -0.3 is 14.4 Å². The summed E-state index contributed by atoms with van der Waals surface area (Å²) < 4.78 is 19.7. The second-order valence-electron chi connectivity index (χ2n) is 4.30. The van der Waals surface area contributed by atoms with E-state index >= 15 is 0 Å². The van der Waals surface area contributed by atoms with Crippen molar-refractivity contribution in [2.45, 2.75) is 13.8 Å². The van der Waals surface area contributed by atoms with Crippen molar-refractivity contribution in [1.82, 2.24) is 15.0 Å². The molecule has 0 bridgehead atoms. The van der Waals surface area contributed by atoms with E-state index in [0.29, 0.717) is 28.4 Å². The zero-order valence-electron chi connectivity index (χ0n) is 13.0. The Morgan fingerprint density at radius 3 is 2.74 bits per heavy atom. The number of H-pyrrole nitrogens is 2. The Labute approximate surface area is 135 Å². The Hall–Kier alpha value is -2.61. The molecule has 7 nitrogen and oxygen atoms in total. The minimum atomic E-state index is -1.16. The van der Waals surface area contributed by atoms with Crippen molar-refractivity contribution in [3.63, 3.8) is 0 Å². The Morgan fingerprint density at radius 2 is 2.00 bits per heavy atom. The molecule has 3 aromatic rings. The molecule has 0 spiro atoms. The highest BCUT2D eigenvalue weighted by atomic mass is 32.2. The quantitative estimate of drug-likeness (QED) is 0.683. The molecule has 23 heavy (non-hydrogen) atoms. The summed E-state index contributed by atoms with van der Waals surface area (Å²) in [5, 5.41) is 0. The van der Waals surface area contributed by atoms with Crippen LogP contribution in [-0.2, 0) is 11.0 Å². The third-order valence-electron chi connectivity index (χ3n) is 2.71. The molecule has 3 rings (SSSR count). The van der Waals surface area contributed by atoms with Crippen LogP contribution >= 0.6 is 0 Å². The molecule has 0 amide bonds. The van der Waals surface area contributed by atoms with Gasteiger partial charge in [0.1, 0.15) is 22.3 Å². The van der Waals surface area contributed by atoms with E-state index in [9.17, 15) is 9.00 Å². The van der Waals surface area contributed by atoms with E-state index in [0.717, 1.165) is 0 Å². The maximum Gasteiger partial charge on any atom is 0.325 e. The lowest BCUT2D eigenvalue weighted by atomic mass is 10.3. The molecular formula is C15H18N4O3S. The van der Waals surface area contributed by atoms with Crippen molar-refractivity contribution >= 4 is 27.8 Å². The number of hydrogen-bond donors (Lipinski definition) is 3. The van der Waals surface area contributed by atoms with Crippen LogP contribution in [0.1, 0.15) is 13.8 Å². The number of aromatic amines is 2. The minimum Gasteiger partial charge on any atom is -0.455 e. The minimum absolute atomic E-state index is 0.342. The topological polar surface area (TPSA) is 99.9 Å². The molecule has 3 N–H and O–H groups in total. The molecule has 122 valence electrons. The highest BCUT2D eigenvalue weighted by Gasteiger charge is 2.08. The monoisotopic (exact) mass is 334 g/mol. The van der Waals surface area contributed by atoms with Crippen LogP contribution < -0.4 is 15.1 Å². The number of anilines is 1. The zero-order valence-corrected chi connectivity index (χ0v) is 13.9. The number of ether oxygens (including phenoxy) is 1. The van der Waals surface area contributed by atoms with Crippen molar-refractivity contribution in [3.8, 4) is 11.5 Å². The van der Waals surface area contributed by atoms with Gasteiger partial charge in [-0.1, -0.05) is 19.9 Å². The first kappa shape index (κ1) is 16.8. The van der Waals surface area contributed by atoms with Crippen LogP contribution in [-0.4, -0.2) is 25.4 Å². The second kappa shape index (κ2) is 7.59. The lowest BCUT2D eigenvalue weighted by molar-refractivity contribution is 0.487. The van der Waals surface area contributed by atoms with Gasteiger partial charge in [0.25, 0.3) is 0 Å². The van der Waals surface area contributed by atoms with Crippen LogP contribution in [0.4, 0.5) is 5.69 Å². The summed E-state index contributed by atoms with van der Waals surface area (Å²) in [5.41, 5.74) is 1.27. The standard InChI is InChI=1S/C13H12N4O3S.C2H6/c1-21(19)17-8-3-2-4-9(7-8)20-10-5-6-14-12-11(10)15-13(18)16-12;1-2/h2-7,17H,1H3,(H2,14,15,16,18);1-2H3. The molecule has 2 aromatic heterocycles. The van der Waals surface area contributed by atoms with Crippen molar-refractivity contribution in [1.29, 1.82) is 0 Å². The number of nitrogens with zero attached hydrogens (tertiary/aromatic N) is 1. The van der Waals surface area contributed by atoms with Crippen LogP contribution in [0.2, 0.25) is 0 Å². The highest BCUT2D eigenvalue weighted by Crippen LogP contribution is 2.27. The number of hydrogen-bond acceptors (Lipinski definition) is 4. The molecule has 0 aliphatic carbocycles. The molecular weight excluding hydrogens is 316 g/mol. The summed E-state index contributed by atoms with van der Waals surface area (Å²) in [7, 11) is -1.16. The predicted octanol–water partition coefficient (Wildman–Crippen LogP) is 2.78. The van der Waals surface area contributed by atoms with Gasteiger partial charge in [-0.25, -0.2) is 14.0 Å². The van der Waals surface area contributed by atoms with Crippen LogP contribution in [0.5, 0.6) is 11.5 Å².